The summed E-state index contributed by atoms with van der Waals surface area (Å²) in [6, 6.07) is 5.20. The molecule has 1 aromatic carbocycles. The topological polar surface area (TPSA) is 57.7 Å². The smallest absolute Gasteiger partial charge is 0.253 e. The highest BCUT2D eigenvalue weighted by molar-refractivity contribution is 7.89. The van der Waals surface area contributed by atoms with Crippen LogP contribution in [0.2, 0.25) is 0 Å². The summed E-state index contributed by atoms with van der Waals surface area (Å²) in [7, 11) is -3.54. The van der Waals surface area contributed by atoms with E-state index in [0.29, 0.717) is 35.0 Å². The van der Waals surface area contributed by atoms with Gasteiger partial charge in [0.15, 0.2) is 0 Å². The molecule has 154 valence electrons. The third kappa shape index (κ3) is 3.86. The van der Waals surface area contributed by atoms with Crippen molar-refractivity contribution in [2.24, 2.45) is 11.8 Å². The molecule has 4 rings (SSSR count). The number of hydrogen-bond acceptors (Lipinski definition) is 3. The van der Waals surface area contributed by atoms with E-state index in [-0.39, 0.29) is 5.91 Å². The van der Waals surface area contributed by atoms with Crippen molar-refractivity contribution in [3.05, 3.63) is 29.3 Å². The van der Waals surface area contributed by atoms with Crippen LogP contribution in [0.5, 0.6) is 0 Å². The minimum atomic E-state index is -3.54. The summed E-state index contributed by atoms with van der Waals surface area (Å²) in [5, 5.41) is 0. The number of sulfonamides is 1. The van der Waals surface area contributed by atoms with Crippen molar-refractivity contribution in [1.29, 1.82) is 0 Å². The standard InChI is InChI=1S/C22H32N2O3S/c1-17-9-10-19(15-21(17)28(26,27)24-12-5-2-6-13-24)22(25)23-14-11-18-7-3-4-8-20(18)16-23/h9-10,15,18,20H,2-8,11-14,16H2,1H3/t18-,20+/m1/s1. The number of aryl methyl sites for hydroxylation is 1. The zero-order chi connectivity index (χ0) is 19.7. The number of carbonyl (C=O) groups is 1. The number of carbonyl (C=O) groups excluding carboxylic acids is 1. The monoisotopic (exact) mass is 404 g/mol. The molecule has 1 amide bonds. The molecule has 5 nitrogen and oxygen atoms in total. The molecule has 28 heavy (non-hydrogen) atoms. The van der Waals surface area contributed by atoms with E-state index in [0.717, 1.165) is 44.7 Å². The molecule has 2 aliphatic heterocycles. The lowest BCUT2D eigenvalue weighted by Crippen LogP contribution is -2.44. The molecule has 0 spiro atoms. The first-order valence-corrected chi connectivity index (χ1v) is 12.3. The Kier molecular flexibility index (Phi) is 5.79. The van der Waals surface area contributed by atoms with Crippen LogP contribution in [0.1, 0.15) is 67.3 Å². The number of benzene rings is 1. The molecule has 1 aliphatic carbocycles. The van der Waals surface area contributed by atoms with Crippen molar-refractivity contribution in [2.75, 3.05) is 26.2 Å². The Bertz CT molecular complexity index is 830. The van der Waals surface area contributed by atoms with Crippen LogP contribution in [-0.4, -0.2) is 49.7 Å². The Morgan fingerprint density at radius 2 is 1.64 bits per heavy atom. The van der Waals surface area contributed by atoms with Gasteiger partial charge >= 0.3 is 0 Å². The molecule has 3 fully saturated rings. The van der Waals surface area contributed by atoms with Gasteiger partial charge in [-0.25, -0.2) is 8.42 Å². The number of nitrogens with zero attached hydrogens (tertiary/aromatic N) is 2. The Balaban J connectivity index is 1.55. The van der Waals surface area contributed by atoms with Crippen molar-refractivity contribution in [3.63, 3.8) is 0 Å². The van der Waals surface area contributed by atoms with Gasteiger partial charge < -0.3 is 4.90 Å². The summed E-state index contributed by atoms with van der Waals surface area (Å²) >= 11 is 0. The number of fused-ring (bicyclic) bond motifs is 1. The maximum Gasteiger partial charge on any atom is 0.253 e. The predicted molar refractivity (Wildman–Crippen MR) is 110 cm³/mol. The number of hydrogen-bond donors (Lipinski definition) is 0. The van der Waals surface area contributed by atoms with Crippen molar-refractivity contribution < 1.29 is 13.2 Å². The summed E-state index contributed by atoms with van der Waals surface area (Å²) in [6.45, 7) is 4.59. The molecule has 0 unspecified atom stereocenters. The van der Waals surface area contributed by atoms with Crippen molar-refractivity contribution in [3.8, 4) is 0 Å². The highest BCUT2D eigenvalue weighted by Crippen LogP contribution is 2.36. The Labute approximate surface area is 169 Å². The molecule has 2 atom stereocenters. The van der Waals surface area contributed by atoms with E-state index in [1.165, 1.54) is 25.7 Å². The van der Waals surface area contributed by atoms with Crippen LogP contribution < -0.4 is 0 Å². The van der Waals surface area contributed by atoms with E-state index in [9.17, 15) is 13.2 Å². The fraction of sp³-hybridized carbons (Fsp3) is 0.682. The average Bonchev–Trinajstić information content (AvgIpc) is 2.73. The van der Waals surface area contributed by atoms with Gasteiger partial charge in [-0.2, -0.15) is 4.31 Å². The lowest BCUT2D eigenvalue weighted by molar-refractivity contribution is 0.0520. The van der Waals surface area contributed by atoms with Gasteiger partial charge in [-0.3, -0.25) is 4.79 Å². The largest absolute Gasteiger partial charge is 0.338 e. The average molecular weight is 405 g/mol. The first-order chi connectivity index (χ1) is 13.5. The second-order valence-electron chi connectivity index (χ2n) is 8.79. The van der Waals surface area contributed by atoms with E-state index in [4.69, 9.17) is 0 Å². The van der Waals surface area contributed by atoms with Crippen molar-refractivity contribution >= 4 is 15.9 Å². The first-order valence-electron chi connectivity index (χ1n) is 10.9. The lowest BCUT2D eigenvalue weighted by Gasteiger charge is -2.41. The molecule has 0 bridgehead atoms. The van der Waals surface area contributed by atoms with Crippen molar-refractivity contribution in [2.45, 2.75) is 63.2 Å². The number of piperidine rings is 2. The fourth-order valence-corrected chi connectivity index (χ4v) is 6.99. The van der Waals surface area contributed by atoms with Gasteiger partial charge in [0.05, 0.1) is 4.90 Å². The fourth-order valence-electron chi connectivity index (χ4n) is 5.22. The van der Waals surface area contributed by atoms with Gasteiger partial charge in [0, 0.05) is 31.7 Å². The zero-order valence-corrected chi connectivity index (χ0v) is 17.7. The molecular formula is C22H32N2O3S. The Morgan fingerprint density at radius 3 is 2.39 bits per heavy atom. The highest BCUT2D eigenvalue weighted by Gasteiger charge is 2.34. The highest BCUT2D eigenvalue weighted by atomic mass is 32.2. The minimum absolute atomic E-state index is 0.0147. The van der Waals surface area contributed by atoms with Gasteiger partial charge in [-0.1, -0.05) is 31.7 Å². The molecule has 1 aromatic rings. The minimum Gasteiger partial charge on any atom is -0.338 e. The molecule has 0 N–H and O–H groups in total. The lowest BCUT2D eigenvalue weighted by atomic mass is 9.75. The van der Waals surface area contributed by atoms with Crippen LogP contribution in [0.25, 0.3) is 0 Å². The summed E-state index contributed by atoms with van der Waals surface area (Å²) in [5.74, 6) is 1.37. The summed E-state index contributed by atoms with van der Waals surface area (Å²) < 4.78 is 27.9. The summed E-state index contributed by atoms with van der Waals surface area (Å²) in [4.78, 5) is 15.4. The molecule has 2 heterocycles. The van der Waals surface area contributed by atoms with Gasteiger partial charge in [-0.05, 0) is 62.1 Å². The second kappa shape index (κ2) is 8.15. The number of amides is 1. The van der Waals surface area contributed by atoms with E-state index in [1.54, 1.807) is 22.5 Å². The van der Waals surface area contributed by atoms with Gasteiger partial charge in [-0.15, -0.1) is 0 Å². The van der Waals surface area contributed by atoms with Gasteiger partial charge in [0.25, 0.3) is 5.91 Å². The SMILES string of the molecule is Cc1ccc(C(=O)N2CC[C@H]3CCCC[C@H]3C2)cc1S(=O)(=O)N1CCCCC1. The number of likely N-dealkylation sites (tertiary alicyclic amines) is 1. The maximum atomic E-state index is 13.2. The molecule has 0 radical (unpaired) electrons. The first kappa shape index (κ1) is 19.9. The normalized spacial score (nSPS) is 26.7. The Morgan fingerprint density at radius 1 is 0.929 bits per heavy atom. The third-order valence-corrected chi connectivity index (χ3v) is 8.99. The molecule has 2 saturated heterocycles. The van der Waals surface area contributed by atoms with Gasteiger partial charge in [0.1, 0.15) is 0 Å². The maximum absolute atomic E-state index is 13.2. The second-order valence-corrected chi connectivity index (χ2v) is 10.7. The van der Waals surface area contributed by atoms with E-state index in [1.807, 2.05) is 11.8 Å². The van der Waals surface area contributed by atoms with Crippen LogP contribution in [0.15, 0.2) is 23.1 Å². The van der Waals surface area contributed by atoms with E-state index >= 15 is 0 Å². The van der Waals surface area contributed by atoms with Gasteiger partial charge in [0.2, 0.25) is 10.0 Å². The molecule has 0 aromatic heterocycles. The van der Waals surface area contributed by atoms with Crippen molar-refractivity contribution in [1.82, 2.24) is 9.21 Å². The van der Waals surface area contributed by atoms with E-state index in [2.05, 4.69) is 0 Å². The summed E-state index contributed by atoms with van der Waals surface area (Å²) in [5.41, 5.74) is 1.23. The van der Waals surface area contributed by atoms with Crippen LogP contribution >= 0.6 is 0 Å². The zero-order valence-electron chi connectivity index (χ0n) is 16.9. The van der Waals surface area contributed by atoms with Crippen LogP contribution in [0.3, 0.4) is 0 Å². The predicted octanol–water partition coefficient (Wildman–Crippen LogP) is 3.82. The molecular weight excluding hydrogens is 372 g/mol. The molecule has 3 aliphatic rings. The van der Waals surface area contributed by atoms with Crippen LogP contribution in [0, 0.1) is 18.8 Å². The Hall–Kier alpha value is -1.40. The summed E-state index contributed by atoms with van der Waals surface area (Å²) in [6.07, 6.45) is 9.10. The quantitative estimate of drug-likeness (QED) is 0.769. The van der Waals surface area contributed by atoms with Crippen LogP contribution in [-0.2, 0) is 10.0 Å². The molecule has 1 saturated carbocycles. The van der Waals surface area contributed by atoms with Crippen LogP contribution in [0.4, 0.5) is 0 Å². The molecule has 6 heteroatoms. The van der Waals surface area contributed by atoms with E-state index < -0.39 is 10.0 Å². The number of rotatable bonds is 3. The third-order valence-electron chi connectivity index (χ3n) is 6.95.